The van der Waals surface area contributed by atoms with Crippen molar-refractivity contribution in [3.8, 4) is 0 Å². The average Bonchev–Trinajstić information content (AvgIpc) is 3.00. The zero-order valence-electron chi connectivity index (χ0n) is 14.4. The molecular formula is C19H14F2N2O5. The summed E-state index contributed by atoms with van der Waals surface area (Å²) >= 11 is 0. The molecule has 0 saturated carbocycles. The molecule has 2 aromatic rings. The smallest absolute Gasteiger partial charge is 0.338 e. The van der Waals surface area contributed by atoms with Crippen LogP contribution in [0, 0.1) is 11.6 Å². The number of amides is 3. The zero-order chi connectivity index (χ0) is 20.3. The average molecular weight is 388 g/mol. The van der Waals surface area contributed by atoms with Crippen molar-refractivity contribution in [2.24, 2.45) is 0 Å². The quantitative estimate of drug-likeness (QED) is 0.627. The lowest BCUT2D eigenvalue weighted by Gasteiger charge is -2.14. The van der Waals surface area contributed by atoms with Crippen LogP contribution in [0.5, 0.6) is 0 Å². The van der Waals surface area contributed by atoms with Crippen LogP contribution in [-0.2, 0) is 19.1 Å². The molecule has 2 aromatic carbocycles. The van der Waals surface area contributed by atoms with Gasteiger partial charge in [0.05, 0.1) is 16.9 Å². The van der Waals surface area contributed by atoms with Gasteiger partial charge in [-0.15, -0.1) is 0 Å². The molecule has 1 saturated heterocycles. The fourth-order valence-electron chi connectivity index (χ4n) is 2.63. The topological polar surface area (TPSA) is 92.8 Å². The van der Waals surface area contributed by atoms with E-state index in [0.717, 1.165) is 17.0 Å². The first kappa shape index (κ1) is 19.2. The number of nitrogens with one attached hydrogen (secondary N) is 1. The number of imide groups is 1. The Hall–Kier alpha value is -3.62. The summed E-state index contributed by atoms with van der Waals surface area (Å²) in [7, 11) is 0. The fraction of sp³-hybridized carbons (Fsp3) is 0.158. The number of rotatable bonds is 5. The van der Waals surface area contributed by atoms with Gasteiger partial charge in [0, 0.05) is 18.9 Å². The van der Waals surface area contributed by atoms with Gasteiger partial charge in [0.15, 0.2) is 6.61 Å². The fourth-order valence-corrected chi connectivity index (χ4v) is 2.63. The first-order valence-corrected chi connectivity index (χ1v) is 8.23. The molecule has 0 bridgehead atoms. The molecule has 0 aliphatic carbocycles. The van der Waals surface area contributed by atoms with Crippen molar-refractivity contribution in [1.82, 2.24) is 0 Å². The maximum atomic E-state index is 13.5. The van der Waals surface area contributed by atoms with Crippen LogP contribution in [0.2, 0.25) is 0 Å². The number of hydrogen-bond acceptors (Lipinski definition) is 5. The molecule has 1 N–H and O–H groups in total. The van der Waals surface area contributed by atoms with Crippen LogP contribution in [0.4, 0.5) is 20.2 Å². The molecule has 28 heavy (non-hydrogen) atoms. The second-order valence-electron chi connectivity index (χ2n) is 5.92. The van der Waals surface area contributed by atoms with E-state index in [9.17, 15) is 28.0 Å². The van der Waals surface area contributed by atoms with E-state index in [1.807, 2.05) is 0 Å². The van der Waals surface area contributed by atoms with E-state index in [1.165, 1.54) is 24.3 Å². The Kier molecular flexibility index (Phi) is 5.44. The number of halogens is 2. The van der Waals surface area contributed by atoms with Gasteiger partial charge in [-0.1, -0.05) is 6.07 Å². The first-order valence-electron chi connectivity index (χ1n) is 8.23. The van der Waals surface area contributed by atoms with Gasteiger partial charge in [-0.2, -0.15) is 0 Å². The summed E-state index contributed by atoms with van der Waals surface area (Å²) in [6, 6.07) is 8.29. The number of ether oxygens (including phenoxy) is 1. The van der Waals surface area contributed by atoms with Crippen molar-refractivity contribution in [1.29, 1.82) is 0 Å². The molecule has 1 heterocycles. The van der Waals surface area contributed by atoms with Crippen LogP contribution in [-0.4, -0.2) is 30.3 Å². The lowest BCUT2D eigenvalue weighted by molar-refractivity contribution is -0.121. The Labute approximate surface area is 157 Å². The van der Waals surface area contributed by atoms with Crippen molar-refractivity contribution in [3.63, 3.8) is 0 Å². The van der Waals surface area contributed by atoms with E-state index in [-0.39, 0.29) is 41.6 Å². The summed E-state index contributed by atoms with van der Waals surface area (Å²) in [5.74, 6) is -4.17. The van der Waals surface area contributed by atoms with Crippen molar-refractivity contribution in [2.45, 2.75) is 12.8 Å². The van der Waals surface area contributed by atoms with Crippen LogP contribution in [0.25, 0.3) is 0 Å². The number of hydrogen-bond donors (Lipinski definition) is 1. The predicted molar refractivity (Wildman–Crippen MR) is 93.4 cm³/mol. The van der Waals surface area contributed by atoms with Crippen LogP contribution in [0.3, 0.4) is 0 Å². The number of carbonyl (C=O) groups excluding carboxylic acids is 4. The minimum absolute atomic E-state index is 0.0331. The minimum Gasteiger partial charge on any atom is -0.452 e. The molecule has 0 spiro atoms. The number of benzene rings is 2. The van der Waals surface area contributed by atoms with E-state index in [4.69, 9.17) is 4.74 Å². The second-order valence-corrected chi connectivity index (χ2v) is 5.92. The van der Waals surface area contributed by atoms with E-state index in [0.29, 0.717) is 6.07 Å². The van der Waals surface area contributed by atoms with Crippen LogP contribution >= 0.6 is 0 Å². The highest BCUT2D eigenvalue weighted by Gasteiger charge is 2.30. The highest BCUT2D eigenvalue weighted by Crippen LogP contribution is 2.23. The molecule has 1 fully saturated rings. The standard InChI is InChI=1S/C19H14F2N2O5/c20-12-4-5-15(14(21)9-12)22-16(24)10-28-19(27)11-2-1-3-13(8-11)23-17(25)6-7-18(23)26/h1-5,8-9H,6-7,10H2,(H,22,24). The molecular weight excluding hydrogens is 374 g/mol. The van der Waals surface area contributed by atoms with Crippen molar-refractivity contribution in [3.05, 3.63) is 59.7 Å². The highest BCUT2D eigenvalue weighted by atomic mass is 19.1. The second kappa shape index (κ2) is 7.95. The lowest BCUT2D eigenvalue weighted by atomic mass is 10.2. The Morgan fingerprint density at radius 1 is 1.04 bits per heavy atom. The Balaban J connectivity index is 1.62. The molecule has 0 aromatic heterocycles. The molecule has 3 rings (SSSR count). The van der Waals surface area contributed by atoms with Crippen molar-refractivity contribution >= 4 is 35.1 Å². The third-order valence-corrected chi connectivity index (χ3v) is 3.93. The third-order valence-electron chi connectivity index (χ3n) is 3.93. The largest absolute Gasteiger partial charge is 0.452 e. The Morgan fingerprint density at radius 2 is 1.75 bits per heavy atom. The third kappa shape index (κ3) is 4.20. The Bertz CT molecular complexity index is 961. The van der Waals surface area contributed by atoms with Crippen LogP contribution in [0.1, 0.15) is 23.2 Å². The zero-order valence-corrected chi connectivity index (χ0v) is 14.4. The summed E-state index contributed by atoms with van der Waals surface area (Å²) in [5, 5.41) is 2.16. The summed E-state index contributed by atoms with van der Waals surface area (Å²) in [4.78, 5) is 48.5. The van der Waals surface area contributed by atoms with Gasteiger partial charge in [-0.05, 0) is 30.3 Å². The monoisotopic (exact) mass is 388 g/mol. The number of nitrogens with zero attached hydrogens (tertiary/aromatic N) is 1. The Morgan fingerprint density at radius 3 is 2.43 bits per heavy atom. The van der Waals surface area contributed by atoms with Gasteiger partial charge in [0.2, 0.25) is 11.8 Å². The number of anilines is 2. The lowest BCUT2D eigenvalue weighted by Crippen LogP contribution is -2.28. The summed E-state index contributed by atoms with van der Waals surface area (Å²) in [5.41, 5.74) is 0.0149. The van der Waals surface area contributed by atoms with Gasteiger partial charge < -0.3 is 10.1 Å². The van der Waals surface area contributed by atoms with E-state index in [1.54, 1.807) is 0 Å². The molecule has 1 aliphatic heterocycles. The molecule has 0 radical (unpaired) electrons. The van der Waals surface area contributed by atoms with Gasteiger partial charge in [0.1, 0.15) is 11.6 Å². The molecule has 0 unspecified atom stereocenters. The van der Waals surface area contributed by atoms with Crippen molar-refractivity contribution < 1.29 is 32.7 Å². The molecule has 3 amide bonds. The first-order chi connectivity index (χ1) is 13.3. The van der Waals surface area contributed by atoms with Gasteiger partial charge in [0.25, 0.3) is 5.91 Å². The molecule has 1 aliphatic rings. The summed E-state index contributed by atoms with van der Waals surface area (Å²) in [6.07, 6.45) is 0.210. The van der Waals surface area contributed by atoms with Crippen LogP contribution < -0.4 is 10.2 Å². The maximum Gasteiger partial charge on any atom is 0.338 e. The highest BCUT2D eigenvalue weighted by molar-refractivity contribution is 6.20. The normalized spacial score (nSPS) is 13.6. The van der Waals surface area contributed by atoms with Gasteiger partial charge in [-0.25, -0.2) is 13.6 Å². The van der Waals surface area contributed by atoms with Crippen LogP contribution in [0.15, 0.2) is 42.5 Å². The summed E-state index contributed by atoms with van der Waals surface area (Å²) in [6.45, 7) is -0.707. The molecule has 7 nitrogen and oxygen atoms in total. The predicted octanol–water partition coefficient (Wildman–Crippen LogP) is 2.41. The minimum atomic E-state index is -0.965. The van der Waals surface area contributed by atoms with E-state index >= 15 is 0 Å². The molecule has 144 valence electrons. The number of esters is 1. The maximum absolute atomic E-state index is 13.5. The molecule has 9 heteroatoms. The van der Waals surface area contributed by atoms with Crippen molar-refractivity contribution in [2.75, 3.05) is 16.8 Å². The van der Waals surface area contributed by atoms with E-state index < -0.39 is 30.1 Å². The van der Waals surface area contributed by atoms with Gasteiger partial charge >= 0.3 is 5.97 Å². The number of carbonyl (C=O) groups is 4. The summed E-state index contributed by atoms with van der Waals surface area (Å²) < 4.78 is 31.2. The SMILES string of the molecule is O=C(COC(=O)c1cccc(N2C(=O)CCC2=O)c1)Nc1ccc(F)cc1F. The molecule has 0 atom stereocenters. The van der Waals surface area contributed by atoms with E-state index in [2.05, 4.69) is 5.32 Å². The van der Waals surface area contributed by atoms with Gasteiger partial charge in [-0.3, -0.25) is 19.3 Å².